The molecule has 0 radical (unpaired) electrons. The van der Waals surface area contributed by atoms with Gasteiger partial charge in [0.1, 0.15) is 5.78 Å². The number of ether oxygens (including phenoxy) is 1. The minimum atomic E-state index is -1.63. The van der Waals surface area contributed by atoms with Crippen LogP contribution >= 0.6 is 0 Å². The lowest BCUT2D eigenvalue weighted by atomic mass is 9.93. The van der Waals surface area contributed by atoms with Gasteiger partial charge in [-0.25, -0.2) is 0 Å². The fourth-order valence-corrected chi connectivity index (χ4v) is 2.45. The van der Waals surface area contributed by atoms with E-state index in [9.17, 15) is 24.6 Å². The van der Waals surface area contributed by atoms with Crippen LogP contribution in [0.5, 0.6) is 0 Å². The molecule has 0 aromatic carbocycles. The maximum absolute atomic E-state index is 12.0. The zero-order chi connectivity index (χ0) is 15.1. The van der Waals surface area contributed by atoms with Crippen LogP contribution in [-0.2, 0) is 19.1 Å². The summed E-state index contributed by atoms with van der Waals surface area (Å²) in [6, 6.07) is 0. The lowest BCUT2D eigenvalue weighted by Gasteiger charge is -2.18. The molecule has 0 bridgehead atoms. The number of methoxy groups -OCH3 is 1. The van der Waals surface area contributed by atoms with Gasteiger partial charge in [-0.1, -0.05) is 12.8 Å². The Hall–Kier alpha value is -1.69. The fourth-order valence-electron chi connectivity index (χ4n) is 2.45. The van der Waals surface area contributed by atoms with Crippen molar-refractivity contribution in [2.75, 3.05) is 13.7 Å². The highest BCUT2D eigenvalue weighted by atomic mass is 16.5. The number of ketones is 1. The number of hydrogen-bond donors (Lipinski definition) is 0. The molecule has 1 aliphatic carbocycles. The summed E-state index contributed by atoms with van der Waals surface area (Å²) in [7, 11) is 1.37. The van der Waals surface area contributed by atoms with Gasteiger partial charge in [0.2, 0.25) is 0 Å². The first-order valence-electron chi connectivity index (χ1n) is 6.63. The average molecular weight is 282 g/mol. The van der Waals surface area contributed by atoms with Crippen LogP contribution in [0, 0.1) is 5.92 Å². The molecule has 1 fully saturated rings. The molecule has 0 aromatic heterocycles. The molecule has 0 spiro atoms. The molecule has 0 amide bonds. The van der Waals surface area contributed by atoms with E-state index in [0.717, 1.165) is 25.7 Å². The lowest BCUT2D eigenvalue weighted by Crippen LogP contribution is -2.33. The highest BCUT2D eigenvalue weighted by molar-refractivity contribution is 6.01. The highest BCUT2D eigenvalue weighted by Gasteiger charge is 2.24. The number of hydrogen-bond acceptors (Lipinski definition) is 6. The summed E-state index contributed by atoms with van der Waals surface area (Å²) < 4.78 is 4.73. The van der Waals surface area contributed by atoms with Gasteiger partial charge >= 0.3 is 0 Å². The number of Topliss-reactive ketones (excluding diaryl/α,β-unsaturated/α-hetero) is 1. The zero-order valence-corrected chi connectivity index (χ0v) is 11.5. The first-order chi connectivity index (χ1) is 9.47. The molecule has 1 saturated carbocycles. The van der Waals surface area contributed by atoms with Gasteiger partial charge in [-0.3, -0.25) is 4.79 Å². The predicted octanol–water partition coefficient (Wildman–Crippen LogP) is -1.03. The minimum absolute atomic E-state index is 0.0394. The van der Waals surface area contributed by atoms with Crippen LogP contribution in [0.3, 0.4) is 0 Å². The summed E-state index contributed by atoms with van der Waals surface area (Å²) in [6.07, 6.45) is 2.81. The molecule has 0 saturated heterocycles. The van der Waals surface area contributed by atoms with E-state index >= 15 is 0 Å². The minimum Gasteiger partial charge on any atom is -0.545 e. The first kappa shape index (κ1) is 16.4. The van der Waals surface area contributed by atoms with Crippen molar-refractivity contribution in [3.63, 3.8) is 0 Å². The Balaban J connectivity index is 2.91. The summed E-state index contributed by atoms with van der Waals surface area (Å²) in [4.78, 5) is 34.1. The molecule has 0 aromatic rings. The van der Waals surface area contributed by atoms with Gasteiger partial charge in [0.05, 0.1) is 18.5 Å². The largest absolute Gasteiger partial charge is 0.545 e. The van der Waals surface area contributed by atoms with Crippen molar-refractivity contribution in [3.8, 4) is 0 Å². The van der Waals surface area contributed by atoms with Crippen LogP contribution in [0.2, 0.25) is 0 Å². The van der Waals surface area contributed by atoms with E-state index in [1.54, 1.807) is 0 Å². The molecule has 0 aliphatic heterocycles. The smallest absolute Gasteiger partial charge is 0.140 e. The quantitative estimate of drug-likeness (QED) is 0.527. The van der Waals surface area contributed by atoms with E-state index in [-0.39, 0.29) is 24.7 Å². The third-order valence-electron chi connectivity index (χ3n) is 3.57. The summed E-state index contributed by atoms with van der Waals surface area (Å²) in [5.41, 5.74) is -0.905. The van der Waals surface area contributed by atoms with Crippen LogP contribution in [0.25, 0.3) is 0 Å². The van der Waals surface area contributed by atoms with Crippen molar-refractivity contribution in [2.24, 2.45) is 5.92 Å². The molecule has 20 heavy (non-hydrogen) atoms. The van der Waals surface area contributed by atoms with Crippen molar-refractivity contribution in [3.05, 3.63) is 11.1 Å². The van der Waals surface area contributed by atoms with Crippen molar-refractivity contribution in [1.29, 1.82) is 0 Å². The van der Waals surface area contributed by atoms with Gasteiger partial charge in [0.25, 0.3) is 0 Å². The molecule has 6 nitrogen and oxygen atoms in total. The van der Waals surface area contributed by atoms with E-state index < -0.39 is 29.5 Å². The molecular weight excluding hydrogens is 264 g/mol. The Morgan fingerprint density at radius 1 is 1.05 bits per heavy atom. The van der Waals surface area contributed by atoms with E-state index in [1.807, 2.05) is 0 Å². The third-order valence-corrected chi connectivity index (χ3v) is 3.57. The second-order valence-corrected chi connectivity index (χ2v) is 4.90. The molecule has 6 heteroatoms. The maximum atomic E-state index is 12.0. The number of carboxylic acid groups (broad SMARTS) is 2. The third kappa shape index (κ3) is 4.45. The van der Waals surface area contributed by atoms with Crippen LogP contribution in [-0.4, -0.2) is 31.4 Å². The van der Waals surface area contributed by atoms with Crippen LogP contribution < -0.4 is 10.2 Å². The van der Waals surface area contributed by atoms with Gasteiger partial charge in [0, 0.05) is 19.4 Å². The SMILES string of the molecule is COCC/C(C(=O)[O-])=C(/CC(=O)C1CCCC1)C(=O)[O-]. The molecule has 112 valence electrons. The van der Waals surface area contributed by atoms with Crippen molar-refractivity contribution in [2.45, 2.75) is 38.5 Å². The second-order valence-electron chi connectivity index (χ2n) is 4.90. The number of aliphatic carboxylic acids is 2. The first-order valence-corrected chi connectivity index (χ1v) is 6.63. The number of carbonyl (C=O) groups is 3. The van der Waals surface area contributed by atoms with Crippen LogP contribution in [0.15, 0.2) is 11.1 Å². The number of carboxylic acids is 2. The maximum Gasteiger partial charge on any atom is 0.140 e. The molecule has 0 atom stereocenters. The van der Waals surface area contributed by atoms with Crippen LogP contribution in [0.1, 0.15) is 38.5 Å². The monoisotopic (exact) mass is 282 g/mol. The molecular formula is C14H18O6-2. The molecule has 0 unspecified atom stereocenters. The van der Waals surface area contributed by atoms with Gasteiger partial charge in [-0.05, 0) is 30.4 Å². The van der Waals surface area contributed by atoms with E-state index in [0.29, 0.717) is 0 Å². The van der Waals surface area contributed by atoms with Crippen molar-refractivity contribution < 1.29 is 29.3 Å². The fraction of sp³-hybridized carbons (Fsp3) is 0.643. The van der Waals surface area contributed by atoms with E-state index in [2.05, 4.69) is 0 Å². The summed E-state index contributed by atoms with van der Waals surface area (Å²) in [6.45, 7) is 0.0394. The Kier molecular flexibility index (Phi) is 6.38. The lowest BCUT2D eigenvalue weighted by molar-refractivity contribution is -0.304. The Morgan fingerprint density at radius 3 is 2.05 bits per heavy atom. The Labute approximate surface area is 117 Å². The second kappa shape index (κ2) is 7.79. The Morgan fingerprint density at radius 2 is 1.60 bits per heavy atom. The summed E-state index contributed by atoms with van der Waals surface area (Å²) in [5, 5.41) is 22.1. The van der Waals surface area contributed by atoms with Gasteiger partial charge in [0.15, 0.2) is 0 Å². The summed E-state index contributed by atoms with van der Waals surface area (Å²) in [5.74, 6) is -3.64. The van der Waals surface area contributed by atoms with Crippen molar-refractivity contribution >= 4 is 17.7 Å². The Bertz CT molecular complexity index is 417. The summed E-state index contributed by atoms with van der Waals surface area (Å²) >= 11 is 0. The van der Waals surface area contributed by atoms with Gasteiger partial charge in [-0.2, -0.15) is 0 Å². The molecule has 0 N–H and O–H groups in total. The highest BCUT2D eigenvalue weighted by Crippen LogP contribution is 2.28. The van der Waals surface area contributed by atoms with Crippen LogP contribution in [0.4, 0.5) is 0 Å². The van der Waals surface area contributed by atoms with E-state index in [1.165, 1.54) is 7.11 Å². The molecule has 1 rings (SSSR count). The molecule has 1 aliphatic rings. The van der Waals surface area contributed by atoms with E-state index in [4.69, 9.17) is 4.74 Å². The topological polar surface area (TPSA) is 107 Å². The normalized spacial score (nSPS) is 16.9. The zero-order valence-electron chi connectivity index (χ0n) is 11.5. The van der Waals surface area contributed by atoms with Gasteiger partial charge < -0.3 is 24.5 Å². The molecule has 0 heterocycles. The standard InChI is InChI=1S/C14H20O6/c1-20-7-6-10(13(16)17)11(14(18)19)8-12(15)9-4-2-3-5-9/h9H,2-8H2,1H3,(H,16,17)(H,18,19)/p-2/b11-10+. The average Bonchev–Trinajstić information content (AvgIpc) is 2.90. The number of carbonyl (C=O) groups excluding carboxylic acids is 3. The van der Waals surface area contributed by atoms with Crippen molar-refractivity contribution in [1.82, 2.24) is 0 Å². The predicted molar refractivity (Wildman–Crippen MR) is 65.1 cm³/mol. The number of rotatable bonds is 8. The van der Waals surface area contributed by atoms with Gasteiger partial charge in [-0.15, -0.1) is 0 Å².